The highest BCUT2D eigenvalue weighted by Crippen LogP contribution is 2.23. The molecule has 1 aliphatic rings. The Hall–Kier alpha value is -0.670. The first-order chi connectivity index (χ1) is 10.4. The Morgan fingerprint density at radius 1 is 1.30 bits per heavy atom. The molecular weight excluding hydrogens is 408 g/mol. The van der Waals surface area contributed by atoms with Crippen LogP contribution in [0.25, 0.3) is 0 Å². The molecule has 130 valence electrons. The van der Waals surface area contributed by atoms with Gasteiger partial charge in [0.15, 0.2) is 0 Å². The summed E-state index contributed by atoms with van der Waals surface area (Å²) in [4.78, 5) is 11.9. The van der Waals surface area contributed by atoms with Crippen LogP contribution < -0.4 is 5.32 Å². The van der Waals surface area contributed by atoms with E-state index in [0.717, 1.165) is 13.0 Å². The summed E-state index contributed by atoms with van der Waals surface area (Å²) >= 11 is 3.26. The molecule has 1 aromatic carbocycles. The zero-order valence-corrected chi connectivity index (χ0v) is 16.0. The molecule has 23 heavy (non-hydrogen) atoms. The molecule has 1 aromatic rings. The molecule has 0 aromatic heterocycles. The van der Waals surface area contributed by atoms with Crippen LogP contribution in [-0.4, -0.2) is 51.5 Å². The molecule has 1 heterocycles. The molecule has 0 atom stereocenters. The number of sulfonamides is 1. The maximum atomic E-state index is 12.8. The molecule has 0 aliphatic carbocycles. The van der Waals surface area contributed by atoms with E-state index in [-0.39, 0.29) is 29.5 Å². The molecule has 0 bridgehead atoms. The van der Waals surface area contributed by atoms with Crippen LogP contribution in [0, 0.1) is 0 Å². The molecule has 0 radical (unpaired) electrons. The monoisotopic (exact) mass is 426 g/mol. The lowest BCUT2D eigenvalue weighted by molar-refractivity contribution is 0.0526. The number of nitrogens with zero attached hydrogens (tertiary/aromatic N) is 1. The van der Waals surface area contributed by atoms with Gasteiger partial charge in [-0.15, -0.1) is 12.4 Å². The van der Waals surface area contributed by atoms with Gasteiger partial charge in [-0.05, 0) is 38.1 Å². The van der Waals surface area contributed by atoms with Crippen LogP contribution in [0.2, 0.25) is 0 Å². The van der Waals surface area contributed by atoms with Gasteiger partial charge in [0.2, 0.25) is 10.0 Å². The standard InChI is InChI=1S/C14H19BrN2O4S.ClH/c1-2-21-14(18)11-8-12(15)10-13(9-11)22(19,20)17-6-3-4-16-5-7-17;/h8-10,16H,2-7H2,1H3;1H. The number of hydrogen-bond acceptors (Lipinski definition) is 5. The maximum absolute atomic E-state index is 12.8. The molecule has 1 aliphatic heterocycles. The van der Waals surface area contributed by atoms with E-state index in [1.807, 2.05) is 0 Å². The maximum Gasteiger partial charge on any atom is 0.338 e. The highest BCUT2D eigenvalue weighted by molar-refractivity contribution is 9.10. The van der Waals surface area contributed by atoms with Crippen molar-refractivity contribution in [2.24, 2.45) is 0 Å². The number of ether oxygens (including phenoxy) is 1. The second-order valence-electron chi connectivity index (χ2n) is 4.90. The molecule has 0 spiro atoms. The summed E-state index contributed by atoms with van der Waals surface area (Å²) in [5.41, 5.74) is 0.225. The molecule has 0 unspecified atom stereocenters. The first kappa shape index (κ1) is 20.4. The second kappa shape index (κ2) is 8.98. The first-order valence-corrected chi connectivity index (χ1v) is 9.37. The van der Waals surface area contributed by atoms with Gasteiger partial charge in [-0.1, -0.05) is 15.9 Å². The number of halogens is 2. The van der Waals surface area contributed by atoms with Gasteiger partial charge in [-0.25, -0.2) is 13.2 Å². The number of nitrogens with one attached hydrogen (secondary N) is 1. The number of benzene rings is 1. The minimum absolute atomic E-state index is 0. The second-order valence-corrected chi connectivity index (χ2v) is 7.76. The molecule has 6 nitrogen and oxygen atoms in total. The van der Waals surface area contributed by atoms with E-state index in [4.69, 9.17) is 4.74 Å². The van der Waals surface area contributed by atoms with Gasteiger partial charge in [0.1, 0.15) is 0 Å². The Kier molecular flexibility index (Phi) is 7.96. The van der Waals surface area contributed by atoms with Gasteiger partial charge in [-0.2, -0.15) is 4.31 Å². The van der Waals surface area contributed by atoms with E-state index < -0.39 is 16.0 Å². The predicted octanol–water partition coefficient (Wildman–Crippen LogP) is 2.03. The van der Waals surface area contributed by atoms with Crippen molar-refractivity contribution in [1.82, 2.24) is 9.62 Å². The van der Waals surface area contributed by atoms with Crippen LogP contribution in [0.4, 0.5) is 0 Å². The molecule has 1 saturated heterocycles. The van der Waals surface area contributed by atoms with Crippen molar-refractivity contribution in [3.63, 3.8) is 0 Å². The van der Waals surface area contributed by atoms with Gasteiger partial charge in [0.25, 0.3) is 0 Å². The average molecular weight is 428 g/mol. The van der Waals surface area contributed by atoms with E-state index >= 15 is 0 Å². The fourth-order valence-corrected chi connectivity index (χ4v) is 4.45. The minimum Gasteiger partial charge on any atom is -0.462 e. The Morgan fingerprint density at radius 2 is 2.04 bits per heavy atom. The highest BCUT2D eigenvalue weighted by Gasteiger charge is 2.26. The third-order valence-electron chi connectivity index (χ3n) is 3.32. The van der Waals surface area contributed by atoms with Crippen LogP contribution in [0.5, 0.6) is 0 Å². The Balaban J connectivity index is 0.00000264. The minimum atomic E-state index is -3.62. The van der Waals surface area contributed by atoms with Gasteiger partial charge in [0, 0.05) is 24.1 Å². The number of carbonyl (C=O) groups excluding carboxylic acids is 1. The normalized spacial score (nSPS) is 16.3. The van der Waals surface area contributed by atoms with Crippen LogP contribution in [0.3, 0.4) is 0 Å². The van der Waals surface area contributed by atoms with Crippen LogP contribution in [0.15, 0.2) is 27.6 Å². The van der Waals surface area contributed by atoms with Gasteiger partial charge >= 0.3 is 5.97 Å². The smallest absolute Gasteiger partial charge is 0.338 e. The summed E-state index contributed by atoms with van der Waals surface area (Å²) in [6.45, 7) is 4.26. The first-order valence-electron chi connectivity index (χ1n) is 7.13. The lowest BCUT2D eigenvalue weighted by Gasteiger charge is -2.20. The SMILES string of the molecule is CCOC(=O)c1cc(Br)cc(S(=O)(=O)N2CCCNCC2)c1.Cl. The van der Waals surface area contributed by atoms with Crippen molar-refractivity contribution in [2.75, 3.05) is 32.8 Å². The fourth-order valence-electron chi connectivity index (χ4n) is 2.25. The van der Waals surface area contributed by atoms with Crippen LogP contribution in [-0.2, 0) is 14.8 Å². The third-order valence-corrected chi connectivity index (χ3v) is 5.65. The summed E-state index contributed by atoms with van der Waals surface area (Å²) < 4.78 is 32.4. The van der Waals surface area contributed by atoms with Crippen molar-refractivity contribution in [2.45, 2.75) is 18.2 Å². The summed E-state index contributed by atoms with van der Waals surface area (Å²) in [6.07, 6.45) is 0.762. The number of hydrogen-bond donors (Lipinski definition) is 1. The predicted molar refractivity (Wildman–Crippen MR) is 93.6 cm³/mol. The van der Waals surface area contributed by atoms with E-state index in [9.17, 15) is 13.2 Å². The van der Waals surface area contributed by atoms with Gasteiger partial charge in [0.05, 0.1) is 17.1 Å². The number of esters is 1. The molecule has 2 rings (SSSR count). The number of carbonyl (C=O) groups is 1. The van der Waals surface area contributed by atoms with E-state index in [1.54, 1.807) is 13.0 Å². The van der Waals surface area contributed by atoms with E-state index in [0.29, 0.717) is 24.1 Å². The van der Waals surface area contributed by atoms with Crippen molar-refractivity contribution >= 4 is 44.3 Å². The number of rotatable bonds is 4. The lowest BCUT2D eigenvalue weighted by Crippen LogP contribution is -2.34. The molecule has 9 heteroatoms. The van der Waals surface area contributed by atoms with Crippen LogP contribution >= 0.6 is 28.3 Å². The van der Waals surface area contributed by atoms with E-state index in [1.165, 1.54) is 16.4 Å². The lowest BCUT2D eigenvalue weighted by atomic mass is 10.2. The zero-order chi connectivity index (χ0) is 16.2. The van der Waals surface area contributed by atoms with Crippen molar-refractivity contribution in [3.8, 4) is 0 Å². The Bertz CT molecular complexity index is 646. The molecule has 1 N–H and O–H groups in total. The summed E-state index contributed by atoms with van der Waals surface area (Å²) in [6, 6.07) is 4.44. The topological polar surface area (TPSA) is 75.7 Å². The quantitative estimate of drug-likeness (QED) is 0.744. The Labute approximate surface area is 151 Å². The van der Waals surface area contributed by atoms with Crippen molar-refractivity contribution in [3.05, 3.63) is 28.2 Å². The Morgan fingerprint density at radius 3 is 2.74 bits per heavy atom. The summed E-state index contributed by atoms with van der Waals surface area (Å²) in [5.74, 6) is -0.530. The summed E-state index contributed by atoms with van der Waals surface area (Å²) in [7, 11) is -3.62. The fraction of sp³-hybridized carbons (Fsp3) is 0.500. The van der Waals surface area contributed by atoms with Gasteiger partial charge in [-0.3, -0.25) is 0 Å². The van der Waals surface area contributed by atoms with Crippen molar-refractivity contribution in [1.29, 1.82) is 0 Å². The molecule has 1 fully saturated rings. The van der Waals surface area contributed by atoms with E-state index in [2.05, 4.69) is 21.2 Å². The van der Waals surface area contributed by atoms with Crippen molar-refractivity contribution < 1.29 is 17.9 Å². The molecule has 0 saturated carbocycles. The molecule has 0 amide bonds. The zero-order valence-electron chi connectivity index (χ0n) is 12.7. The van der Waals surface area contributed by atoms with Crippen LogP contribution in [0.1, 0.15) is 23.7 Å². The third kappa shape index (κ3) is 5.15. The highest BCUT2D eigenvalue weighted by atomic mass is 79.9. The average Bonchev–Trinajstić information content (AvgIpc) is 2.76. The molecular formula is C14H20BrClN2O4S. The largest absolute Gasteiger partial charge is 0.462 e. The van der Waals surface area contributed by atoms with Gasteiger partial charge < -0.3 is 10.1 Å². The summed E-state index contributed by atoms with van der Waals surface area (Å²) in [5, 5.41) is 3.17.